The largest absolute Gasteiger partial charge is 0.317 e. The van der Waals surface area contributed by atoms with Gasteiger partial charge in [-0.25, -0.2) is 9.67 Å². The molecule has 0 radical (unpaired) electrons. The number of hydrogen-bond donors (Lipinski definition) is 2. The number of nitrogens with zero attached hydrogens (tertiary/aromatic N) is 4. The lowest BCUT2D eigenvalue weighted by molar-refractivity contribution is 0.102. The Bertz CT molecular complexity index is 859. The second-order valence-electron chi connectivity index (χ2n) is 5.92. The Morgan fingerprint density at radius 3 is 2.77 bits per heavy atom. The van der Waals surface area contributed by atoms with Crippen molar-refractivity contribution < 1.29 is 4.79 Å². The first-order valence-electron chi connectivity index (χ1n) is 8.24. The molecule has 2 N–H and O–H groups in total. The van der Waals surface area contributed by atoms with E-state index in [2.05, 4.69) is 25.9 Å². The molecular formula is C17H19ClN6OS. The molecule has 1 aliphatic heterocycles. The third-order valence-electron chi connectivity index (χ3n) is 4.27. The lowest BCUT2D eigenvalue weighted by atomic mass is 10.1. The zero-order chi connectivity index (χ0) is 17.1. The molecular weight excluding hydrogens is 372 g/mol. The highest BCUT2D eigenvalue weighted by atomic mass is 35.5. The Balaban J connectivity index is 0.00000196. The van der Waals surface area contributed by atoms with Gasteiger partial charge in [0, 0.05) is 5.56 Å². The predicted octanol–water partition coefficient (Wildman–Crippen LogP) is 3.00. The first-order chi connectivity index (χ1) is 12.3. The van der Waals surface area contributed by atoms with Crippen molar-refractivity contribution in [1.29, 1.82) is 0 Å². The Morgan fingerprint density at radius 1 is 1.23 bits per heavy atom. The monoisotopic (exact) mass is 390 g/mol. The lowest BCUT2D eigenvalue weighted by Gasteiger charge is -2.22. The van der Waals surface area contributed by atoms with Gasteiger partial charge in [0.05, 0.1) is 17.7 Å². The van der Waals surface area contributed by atoms with Crippen LogP contribution in [0.25, 0.3) is 11.3 Å². The Hall–Kier alpha value is -2.29. The maximum Gasteiger partial charge on any atom is 0.278 e. The van der Waals surface area contributed by atoms with E-state index in [1.165, 1.54) is 11.3 Å². The molecule has 136 valence electrons. The van der Waals surface area contributed by atoms with Crippen LogP contribution in [0.3, 0.4) is 0 Å². The summed E-state index contributed by atoms with van der Waals surface area (Å²) in [5, 5.41) is 15.1. The third kappa shape index (κ3) is 3.92. The van der Waals surface area contributed by atoms with Gasteiger partial charge in [0.25, 0.3) is 5.91 Å². The van der Waals surface area contributed by atoms with Crippen LogP contribution < -0.4 is 10.6 Å². The van der Waals surface area contributed by atoms with E-state index in [-0.39, 0.29) is 18.3 Å². The number of hydrogen-bond acceptors (Lipinski definition) is 6. The van der Waals surface area contributed by atoms with Gasteiger partial charge in [0.15, 0.2) is 5.69 Å². The maximum absolute atomic E-state index is 12.5. The van der Waals surface area contributed by atoms with Crippen molar-refractivity contribution in [3.63, 3.8) is 0 Å². The van der Waals surface area contributed by atoms with Crippen LogP contribution in [-0.2, 0) is 0 Å². The van der Waals surface area contributed by atoms with E-state index in [0.29, 0.717) is 16.7 Å². The molecule has 4 rings (SSSR count). The summed E-state index contributed by atoms with van der Waals surface area (Å²) >= 11 is 1.40. The predicted molar refractivity (Wildman–Crippen MR) is 104 cm³/mol. The molecule has 0 aliphatic carbocycles. The molecule has 1 fully saturated rings. The highest BCUT2D eigenvalue weighted by Crippen LogP contribution is 2.30. The van der Waals surface area contributed by atoms with E-state index >= 15 is 0 Å². The van der Waals surface area contributed by atoms with Crippen LogP contribution in [0.15, 0.2) is 42.0 Å². The fourth-order valence-electron chi connectivity index (χ4n) is 2.93. The molecule has 1 amide bonds. The summed E-state index contributed by atoms with van der Waals surface area (Å²) in [4.78, 5) is 16.9. The van der Waals surface area contributed by atoms with Gasteiger partial charge in [-0.05, 0) is 25.9 Å². The zero-order valence-corrected chi connectivity index (χ0v) is 15.6. The van der Waals surface area contributed by atoms with Crippen molar-refractivity contribution in [2.45, 2.75) is 18.9 Å². The van der Waals surface area contributed by atoms with Gasteiger partial charge >= 0.3 is 0 Å². The van der Waals surface area contributed by atoms with Gasteiger partial charge < -0.3 is 10.6 Å². The molecule has 3 aromatic rings. The first-order valence-corrected chi connectivity index (χ1v) is 9.12. The summed E-state index contributed by atoms with van der Waals surface area (Å²) in [5.74, 6) is -0.262. The number of piperidine rings is 1. The SMILES string of the molecule is Cl.O=C(Nc1scnc1-c1ccccc1)c1cn(C2CCNCC2)nn1. The van der Waals surface area contributed by atoms with E-state index in [1.807, 2.05) is 30.3 Å². The van der Waals surface area contributed by atoms with E-state index in [1.54, 1.807) is 16.4 Å². The smallest absolute Gasteiger partial charge is 0.278 e. The highest BCUT2D eigenvalue weighted by molar-refractivity contribution is 7.14. The molecule has 0 saturated carbocycles. The number of thiazole rings is 1. The molecule has 9 heteroatoms. The molecule has 0 unspecified atom stereocenters. The quantitative estimate of drug-likeness (QED) is 0.715. The van der Waals surface area contributed by atoms with Crippen molar-refractivity contribution in [1.82, 2.24) is 25.3 Å². The third-order valence-corrected chi connectivity index (χ3v) is 5.01. The van der Waals surface area contributed by atoms with Crippen molar-refractivity contribution in [2.24, 2.45) is 0 Å². The molecule has 1 saturated heterocycles. The number of benzene rings is 1. The number of rotatable bonds is 4. The number of aromatic nitrogens is 4. The summed E-state index contributed by atoms with van der Waals surface area (Å²) in [6, 6.07) is 10.1. The molecule has 3 heterocycles. The van der Waals surface area contributed by atoms with Crippen molar-refractivity contribution in [3.05, 3.63) is 47.7 Å². The molecule has 7 nitrogen and oxygen atoms in total. The molecule has 1 aromatic carbocycles. The minimum atomic E-state index is -0.262. The van der Waals surface area contributed by atoms with Crippen LogP contribution in [0.4, 0.5) is 5.00 Å². The summed E-state index contributed by atoms with van der Waals surface area (Å²) in [6.45, 7) is 1.93. The highest BCUT2D eigenvalue weighted by Gasteiger charge is 2.20. The fourth-order valence-corrected chi connectivity index (χ4v) is 3.63. The standard InChI is InChI=1S/C17H18N6OS.ClH/c24-16(14-10-23(22-21-14)13-6-8-18-9-7-13)20-17-15(19-11-25-17)12-4-2-1-3-5-12;/h1-5,10-11,13,18H,6-9H2,(H,20,24);1H. The van der Waals surface area contributed by atoms with Gasteiger partial charge in [-0.15, -0.1) is 28.8 Å². The van der Waals surface area contributed by atoms with E-state index in [9.17, 15) is 4.79 Å². The first kappa shape index (κ1) is 18.5. The minimum absolute atomic E-state index is 0. The van der Waals surface area contributed by atoms with E-state index in [4.69, 9.17) is 0 Å². The summed E-state index contributed by atoms with van der Waals surface area (Å²) in [7, 11) is 0. The Morgan fingerprint density at radius 2 is 2.00 bits per heavy atom. The van der Waals surface area contributed by atoms with Gasteiger partial charge in [0.2, 0.25) is 0 Å². The number of amides is 1. The molecule has 1 aliphatic rings. The van der Waals surface area contributed by atoms with Gasteiger partial charge in [-0.2, -0.15) is 0 Å². The summed E-state index contributed by atoms with van der Waals surface area (Å²) in [5.41, 5.74) is 3.79. The van der Waals surface area contributed by atoms with Crippen LogP contribution in [0.1, 0.15) is 29.4 Å². The number of anilines is 1. The van der Waals surface area contributed by atoms with Gasteiger partial charge in [-0.3, -0.25) is 4.79 Å². The number of carbonyl (C=O) groups excluding carboxylic acids is 1. The van der Waals surface area contributed by atoms with Crippen molar-refractivity contribution >= 4 is 34.7 Å². The average Bonchev–Trinajstić information content (AvgIpc) is 3.33. The van der Waals surface area contributed by atoms with Crippen molar-refractivity contribution in [3.8, 4) is 11.3 Å². The average molecular weight is 391 g/mol. The molecule has 26 heavy (non-hydrogen) atoms. The van der Waals surface area contributed by atoms with Gasteiger partial charge in [-0.1, -0.05) is 35.5 Å². The van der Waals surface area contributed by atoms with Crippen LogP contribution >= 0.6 is 23.7 Å². The van der Waals surface area contributed by atoms with Gasteiger partial charge in [0.1, 0.15) is 10.7 Å². The minimum Gasteiger partial charge on any atom is -0.317 e. The summed E-state index contributed by atoms with van der Waals surface area (Å²) < 4.78 is 1.81. The Kier molecular flexibility index (Phi) is 5.97. The zero-order valence-electron chi connectivity index (χ0n) is 14.0. The van der Waals surface area contributed by atoms with Crippen molar-refractivity contribution in [2.75, 3.05) is 18.4 Å². The number of nitrogens with one attached hydrogen (secondary N) is 2. The van der Waals surface area contributed by atoms with Crippen LogP contribution in [-0.4, -0.2) is 39.0 Å². The second kappa shape index (κ2) is 8.39. The van der Waals surface area contributed by atoms with Crippen LogP contribution in [0.5, 0.6) is 0 Å². The maximum atomic E-state index is 12.5. The lowest BCUT2D eigenvalue weighted by Crippen LogP contribution is -2.29. The second-order valence-corrected chi connectivity index (χ2v) is 6.77. The molecule has 2 aromatic heterocycles. The topological polar surface area (TPSA) is 84.7 Å². The summed E-state index contributed by atoms with van der Waals surface area (Å²) in [6.07, 6.45) is 3.73. The van der Waals surface area contributed by atoms with Crippen LogP contribution in [0.2, 0.25) is 0 Å². The normalized spacial score (nSPS) is 14.6. The fraction of sp³-hybridized carbons (Fsp3) is 0.294. The Labute approximate surface area is 161 Å². The van der Waals surface area contributed by atoms with E-state index < -0.39 is 0 Å². The molecule has 0 spiro atoms. The van der Waals surface area contributed by atoms with Crippen LogP contribution in [0, 0.1) is 0 Å². The number of halogens is 1. The van der Waals surface area contributed by atoms with E-state index in [0.717, 1.165) is 37.2 Å². The molecule has 0 atom stereocenters. The number of carbonyl (C=O) groups is 1. The molecule has 0 bridgehead atoms.